The Morgan fingerprint density at radius 2 is 1.17 bits per heavy atom. The van der Waals surface area contributed by atoms with Crippen LogP contribution in [0.3, 0.4) is 0 Å². The van der Waals surface area contributed by atoms with Gasteiger partial charge in [-0.25, -0.2) is 9.59 Å². The summed E-state index contributed by atoms with van der Waals surface area (Å²) in [6.07, 6.45) is 4.13. The van der Waals surface area contributed by atoms with Crippen LogP contribution >= 0.6 is 0 Å². The molecule has 0 unspecified atom stereocenters. The first-order valence-corrected chi connectivity index (χ1v) is 10.2. The van der Waals surface area contributed by atoms with Gasteiger partial charge in [0.05, 0.1) is 44.2 Å². The van der Waals surface area contributed by atoms with E-state index in [2.05, 4.69) is 0 Å². The lowest BCUT2D eigenvalue weighted by molar-refractivity contribution is 0.00303. The number of ether oxygens (including phenoxy) is 2. The number of benzene rings is 1. The lowest BCUT2D eigenvalue weighted by Crippen LogP contribution is -2.32. The van der Waals surface area contributed by atoms with Crippen molar-refractivity contribution in [3.8, 4) is 0 Å². The lowest BCUT2D eigenvalue weighted by Gasteiger charge is -2.24. The molecule has 7 heteroatoms. The molecule has 166 valence electrons. The van der Waals surface area contributed by atoms with E-state index in [0.717, 1.165) is 25.7 Å². The van der Waals surface area contributed by atoms with Crippen molar-refractivity contribution >= 4 is 11.9 Å². The van der Waals surface area contributed by atoms with Crippen LogP contribution in [0.15, 0.2) is 24.3 Å². The van der Waals surface area contributed by atoms with Gasteiger partial charge in [0, 0.05) is 5.41 Å². The van der Waals surface area contributed by atoms with Gasteiger partial charge in [-0.05, 0) is 31.4 Å². The molecule has 3 N–H and O–H groups in total. The van der Waals surface area contributed by atoms with Crippen LogP contribution in [0.2, 0.25) is 0 Å². The zero-order valence-electron chi connectivity index (χ0n) is 17.9. The highest BCUT2D eigenvalue weighted by Gasteiger charge is 2.25. The van der Waals surface area contributed by atoms with E-state index >= 15 is 0 Å². The molecule has 0 fully saturated rings. The third-order valence-electron chi connectivity index (χ3n) is 4.59. The molecule has 0 atom stereocenters. The molecule has 0 amide bonds. The van der Waals surface area contributed by atoms with Crippen molar-refractivity contribution in [2.24, 2.45) is 5.41 Å². The normalized spacial score (nSPS) is 10.7. The van der Waals surface area contributed by atoms with Gasteiger partial charge in [-0.15, -0.1) is 0 Å². The third-order valence-corrected chi connectivity index (χ3v) is 4.59. The lowest BCUT2D eigenvalue weighted by atomic mass is 9.88. The van der Waals surface area contributed by atoms with Crippen molar-refractivity contribution in [2.75, 3.05) is 33.0 Å². The topological polar surface area (TPSA) is 113 Å². The smallest absolute Gasteiger partial charge is 0.339 e. The maximum Gasteiger partial charge on any atom is 0.339 e. The minimum atomic E-state index is -0.667. The number of carbonyl (C=O) groups excluding carboxylic acids is 2. The fraction of sp³-hybridized carbons (Fsp3) is 0.636. The number of aliphatic hydroxyl groups excluding tert-OH is 3. The van der Waals surface area contributed by atoms with Crippen molar-refractivity contribution in [3.63, 3.8) is 0 Å². The molecule has 1 aromatic rings. The molecule has 1 rings (SSSR count). The van der Waals surface area contributed by atoms with Crippen LogP contribution in [0.25, 0.3) is 0 Å². The number of rotatable bonds is 12. The van der Waals surface area contributed by atoms with Crippen LogP contribution in [-0.4, -0.2) is 60.3 Å². The Balaban J connectivity index is 0.000000734. The molecule has 29 heavy (non-hydrogen) atoms. The van der Waals surface area contributed by atoms with Gasteiger partial charge in [-0.3, -0.25) is 0 Å². The molecule has 0 aliphatic carbocycles. The van der Waals surface area contributed by atoms with Crippen LogP contribution in [-0.2, 0) is 9.47 Å². The molecule has 0 spiro atoms. The van der Waals surface area contributed by atoms with Gasteiger partial charge in [-0.2, -0.15) is 0 Å². The quantitative estimate of drug-likeness (QED) is 0.357. The molecular weight excluding hydrogens is 376 g/mol. The summed E-state index contributed by atoms with van der Waals surface area (Å²) in [5.74, 6) is -0.942. The highest BCUT2D eigenvalue weighted by atomic mass is 16.5. The fourth-order valence-corrected chi connectivity index (χ4v) is 2.10. The van der Waals surface area contributed by atoms with Gasteiger partial charge >= 0.3 is 11.9 Å². The molecule has 0 aliphatic heterocycles. The summed E-state index contributed by atoms with van der Waals surface area (Å²) in [7, 11) is 0. The monoisotopic (exact) mass is 412 g/mol. The summed E-state index contributed by atoms with van der Waals surface area (Å²) >= 11 is 0. The SMILES string of the molecule is CCC(CO)(CO)CO.CCCCOC(=O)c1ccccc1C(=O)OCCCC. The molecular formula is C22H36O7. The Labute approximate surface area is 173 Å². The number of esters is 2. The van der Waals surface area contributed by atoms with Gasteiger partial charge < -0.3 is 24.8 Å². The predicted molar refractivity (Wildman–Crippen MR) is 111 cm³/mol. The van der Waals surface area contributed by atoms with Gasteiger partial charge in [-0.1, -0.05) is 45.7 Å². The van der Waals surface area contributed by atoms with E-state index in [1.807, 2.05) is 20.8 Å². The zero-order chi connectivity index (χ0) is 22.1. The minimum absolute atomic E-state index is 0.156. The highest BCUT2D eigenvalue weighted by molar-refractivity contribution is 6.03. The van der Waals surface area contributed by atoms with Crippen LogP contribution in [0.5, 0.6) is 0 Å². The van der Waals surface area contributed by atoms with E-state index in [4.69, 9.17) is 24.8 Å². The number of hydrogen-bond acceptors (Lipinski definition) is 7. The van der Waals surface area contributed by atoms with E-state index in [1.54, 1.807) is 24.3 Å². The Morgan fingerprint density at radius 3 is 1.41 bits per heavy atom. The number of aliphatic hydroxyl groups is 3. The average molecular weight is 413 g/mol. The summed E-state index contributed by atoms with van der Waals surface area (Å²) in [5.41, 5.74) is -0.129. The maximum absolute atomic E-state index is 11.9. The first kappa shape index (κ1) is 27.0. The summed E-state index contributed by atoms with van der Waals surface area (Å²) in [6, 6.07) is 6.59. The van der Waals surface area contributed by atoms with Crippen molar-refractivity contribution in [1.29, 1.82) is 0 Å². The molecule has 0 saturated carbocycles. The van der Waals surface area contributed by atoms with E-state index in [-0.39, 0.29) is 30.9 Å². The van der Waals surface area contributed by atoms with E-state index in [1.165, 1.54) is 0 Å². The van der Waals surface area contributed by atoms with Gasteiger partial charge in [0.1, 0.15) is 0 Å². The van der Waals surface area contributed by atoms with Crippen molar-refractivity contribution < 1.29 is 34.4 Å². The van der Waals surface area contributed by atoms with Crippen LogP contribution in [0.4, 0.5) is 0 Å². The van der Waals surface area contributed by atoms with Crippen LogP contribution in [0.1, 0.15) is 73.6 Å². The maximum atomic E-state index is 11.9. The van der Waals surface area contributed by atoms with Crippen molar-refractivity contribution in [3.05, 3.63) is 35.4 Å². The molecule has 1 aromatic carbocycles. The fourth-order valence-electron chi connectivity index (χ4n) is 2.10. The Bertz CT molecular complexity index is 524. The number of carbonyl (C=O) groups is 2. The molecule has 0 aliphatic rings. The number of unbranched alkanes of at least 4 members (excludes halogenated alkanes) is 2. The highest BCUT2D eigenvalue weighted by Crippen LogP contribution is 2.18. The molecule has 0 saturated heterocycles. The molecule has 0 heterocycles. The summed E-state index contributed by atoms with van der Waals surface area (Å²) in [4.78, 5) is 23.9. The van der Waals surface area contributed by atoms with Crippen molar-refractivity contribution in [1.82, 2.24) is 0 Å². The van der Waals surface area contributed by atoms with Crippen molar-refractivity contribution in [2.45, 2.75) is 52.9 Å². The Morgan fingerprint density at radius 1 is 0.793 bits per heavy atom. The summed E-state index contributed by atoms with van der Waals surface area (Å²) in [6.45, 7) is 6.13. The summed E-state index contributed by atoms with van der Waals surface area (Å²) < 4.78 is 10.3. The van der Waals surface area contributed by atoms with E-state index < -0.39 is 17.4 Å². The van der Waals surface area contributed by atoms with Gasteiger partial charge in [0.15, 0.2) is 0 Å². The number of hydrogen-bond donors (Lipinski definition) is 3. The molecule has 7 nitrogen and oxygen atoms in total. The second-order valence-corrected chi connectivity index (χ2v) is 6.85. The Hall–Kier alpha value is -1.96. The van der Waals surface area contributed by atoms with Crippen LogP contribution in [0, 0.1) is 5.41 Å². The van der Waals surface area contributed by atoms with Gasteiger partial charge in [0.25, 0.3) is 0 Å². The second-order valence-electron chi connectivity index (χ2n) is 6.85. The molecule has 0 radical (unpaired) electrons. The standard InChI is InChI=1S/C16H22O4.C6H14O3/c1-3-5-11-19-15(17)13-9-7-8-10-14(13)16(18)20-12-6-4-2;1-2-6(3-7,4-8)5-9/h7-10H,3-6,11-12H2,1-2H3;7-9H,2-5H2,1H3. The zero-order valence-corrected chi connectivity index (χ0v) is 17.9. The molecule has 0 aromatic heterocycles. The molecule has 0 bridgehead atoms. The first-order chi connectivity index (χ1) is 13.9. The average Bonchev–Trinajstić information content (AvgIpc) is 2.76. The van der Waals surface area contributed by atoms with Gasteiger partial charge in [0.2, 0.25) is 0 Å². The van der Waals surface area contributed by atoms with E-state index in [0.29, 0.717) is 19.6 Å². The summed E-state index contributed by atoms with van der Waals surface area (Å²) in [5, 5.41) is 26.0. The third kappa shape index (κ3) is 9.87. The Kier molecular flexibility index (Phi) is 14.8. The second kappa shape index (κ2) is 15.9. The van der Waals surface area contributed by atoms with Crippen LogP contribution < -0.4 is 0 Å². The largest absolute Gasteiger partial charge is 0.462 e. The van der Waals surface area contributed by atoms with E-state index in [9.17, 15) is 9.59 Å². The predicted octanol–water partition coefficient (Wildman–Crippen LogP) is 2.96. The minimum Gasteiger partial charge on any atom is -0.462 e. The first-order valence-electron chi connectivity index (χ1n) is 10.2.